The Balaban J connectivity index is 1.89. The molecular formula is C13H16ClN5O2. The molecule has 1 aliphatic rings. The zero-order chi connectivity index (χ0) is 15.1. The summed E-state index contributed by atoms with van der Waals surface area (Å²) in [6, 6.07) is 0. The van der Waals surface area contributed by atoms with Crippen LogP contribution in [-0.4, -0.2) is 43.7 Å². The fraction of sp³-hybridized carbons (Fsp3) is 0.538. The highest BCUT2D eigenvalue weighted by atomic mass is 35.5. The number of aliphatic carboxylic acids is 1. The Labute approximate surface area is 126 Å². The lowest BCUT2D eigenvalue weighted by Gasteiger charge is -2.28. The van der Waals surface area contributed by atoms with Gasteiger partial charge in [0.2, 0.25) is 5.95 Å². The number of piperidine rings is 1. The third-order valence-electron chi connectivity index (χ3n) is 3.93. The minimum atomic E-state index is -0.725. The van der Waals surface area contributed by atoms with Crippen LogP contribution in [0.2, 0.25) is 5.02 Å². The Morgan fingerprint density at radius 2 is 1.95 bits per heavy atom. The van der Waals surface area contributed by atoms with Gasteiger partial charge in [0.05, 0.1) is 22.3 Å². The van der Waals surface area contributed by atoms with Crippen LogP contribution in [0.25, 0.3) is 5.78 Å². The molecule has 1 saturated heterocycles. The number of halogens is 1. The normalized spacial score (nSPS) is 16.6. The third-order valence-corrected chi connectivity index (χ3v) is 4.47. The monoisotopic (exact) mass is 309 g/mol. The number of fused-ring (bicyclic) bond motifs is 1. The van der Waals surface area contributed by atoms with Gasteiger partial charge in [-0.05, 0) is 26.7 Å². The molecule has 0 bridgehead atoms. The summed E-state index contributed by atoms with van der Waals surface area (Å²) < 4.78 is 1.63. The van der Waals surface area contributed by atoms with Gasteiger partial charge in [-0.1, -0.05) is 11.6 Å². The summed E-state index contributed by atoms with van der Waals surface area (Å²) >= 11 is 6.18. The van der Waals surface area contributed by atoms with Crippen LogP contribution < -0.4 is 4.90 Å². The second-order valence-corrected chi connectivity index (χ2v) is 5.70. The molecule has 1 aliphatic heterocycles. The molecule has 0 saturated carbocycles. The molecule has 1 N–H and O–H groups in total. The first-order chi connectivity index (χ1) is 9.97. The van der Waals surface area contributed by atoms with E-state index in [1.54, 1.807) is 4.52 Å². The third kappa shape index (κ3) is 2.42. The molecule has 3 heterocycles. The Morgan fingerprint density at radius 3 is 2.57 bits per heavy atom. The van der Waals surface area contributed by atoms with E-state index in [1.165, 1.54) is 0 Å². The van der Waals surface area contributed by atoms with Crippen LogP contribution in [0.4, 0.5) is 5.95 Å². The molecule has 0 amide bonds. The second kappa shape index (κ2) is 5.14. The van der Waals surface area contributed by atoms with Gasteiger partial charge in [0.15, 0.2) is 0 Å². The summed E-state index contributed by atoms with van der Waals surface area (Å²) in [5, 5.41) is 14.1. The fourth-order valence-corrected chi connectivity index (χ4v) is 2.73. The first-order valence-corrected chi connectivity index (χ1v) is 7.22. The van der Waals surface area contributed by atoms with E-state index in [-0.39, 0.29) is 5.92 Å². The SMILES string of the molecule is Cc1nc2nc(N3CCC(C(=O)O)CC3)nn2c(C)c1Cl. The minimum Gasteiger partial charge on any atom is -0.481 e. The number of hydrogen-bond donors (Lipinski definition) is 1. The van der Waals surface area contributed by atoms with Crippen molar-refractivity contribution >= 4 is 29.3 Å². The van der Waals surface area contributed by atoms with E-state index in [9.17, 15) is 4.79 Å². The van der Waals surface area contributed by atoms with Crippen LogP contribution >= 0.6 is 11.6 Å². The van der Waals surface area contributed by atoms with Crippen molar-refractivity contribution in [1.82, 2.24) is 19.6 Å². The Kier molecular flexibility index (Phi) is 3.44. The van der Waals surface area contributed by atoms with Gasteiger partial charge in [-0.25, -0.2) is 4.98 Å². The number of aromatic nitrogens is 4. The number of carbonyl (C=O) groups is 1. The molecule has 0 radical (unpaired) electrons. The van der Waals surface area contributed by atoms with Crippen molar-refractivity contribution in [3.8, 4) is 0 Å². The Morgan fingerprint density at radius 1 is 1.29 bits per heavy atom. The summed E-state index contributed by atoms with van der Waals surface area (Å²) in [6.45, 7) is 4.99. The zero-order valence-corrected chi connectivity index (χ0v) is 12.6. The summed E-state index contributed by atoms with van der Waals surface area (Å²) in [5.41, 5.74) is 1.53. The van der Waals surface area contributed by atoms with Crippen molar-refractivity contribution in [3.05, 3.63) is 16.4 Å². The molecular weight excluding hydrogens is 294 g/mol. The van der Waals surface area contributed by atoms with Gasteiger partial charge in [-0.15, -0.1) is 5.10 Å². The standard InChI is InChI=1S/C13H16ClN5O2/c1-7-10(14)8(2)19-12(15-7)16-13(17-19)18-5-3-9(4-6-18)11(20)21/h9H,3-6H2,1-2H3,(H,20,21). The van der Waals surface area contributed by atoms with E-state index in [1.807, 2.05) is 18.7 Å². The van der Waals surface area contributed by atoms with Crippen molar-refractivity contribution in [2.24, 2.45) is 5.92 Å². The van der Waals surface area contributed by atoms with Crippen molar-refractivity contribution in [2.75, 3.05) is 18.0 Å². The molecule has 8 heteroatoms. The molecule has 2 aromatic rings. The second-order valence-electron chi connectivity index (χ2n) is 5.32. The fourth-order valence-electron chi connectivity index (χ4n) is 2.60. The average molecular weight is 310 g/mol. The van der Waals surface area contributed by atoms with Gasteiger partial charge in [-0.3, -0.25) is 4.79 Å². The molecule has 7 nitrogen and oxygen atoms in total. The van der Waals surface area contributed by atoms with Crippen molar-refractivity contribution in [2.45, 2.75) is 26.7 Å². The highest BCUT2D eigenvalue weighted by Gasteiger charge is 2.26. The van der Waals surface area contributed by atoms with Crippen molar-refractivity contribution in [1.29, 1.82) is 0 Å². The van der Waals surface area contributed by atoms with E-state index >= 15 is 0 Å². The number of anilines is 1. The van der Waals surface area contributed by atoms with Crippen molar-refractivity contribution in [3.63, 3.8) is 0 Å². The topological polar surface area (TPSA) is 83.6 Å². The first-order valence-electron chi connectivity index (χ1n) is 6.84. The van der Waals surface area contributed by atoms with Gasteiger partial charge in [0.25, 0.3) is 5.78 Å². The number of hydrogen-bond acceptors (Lipinski definition) is 5. The molecule has 0 aliphatic carbocycles. The lowest BCUT2D eigenvalue weighted by molar-refractivity contribution is -0.142. The molecule has 2 aromatic heterocycles. The van der Waals surface area contributed by atoms with Crippen LogP contribution in [-0.2, 0) is 4.79 Å². The van der Waals surface area contributed by atoms with Gasteiger partial charge in [0.1, 0.15) is 0 Å². The van der Waals surface area contributed by atoms with Crippen LogP contribution in [0, 0.1) is 19.8 Å². The van der Waals surface area contributed by atoms with E-state index in [0.29, 0.717) is 42.7 Å². The lowest BCUT2D eigenvalue weighted by Crippen LogP contribution is -2.36. The number of aryl methyl sites for hydroxylation is 2. The van der Waals surface area contributed by atoms with E-state index in [2.05, 4.69) is 15.1 Å². The van der Waals surface area contributed by atoms with Crippen LogP contribution in [0.15, 0.2) is 0 Å². The summed E-state index contributed by atoms with van der Waals surface area (Å²) in [7, 11) is 0. The average Bonchev–Trinajstić information content (AvgIpc) is 2.89. The van der Waals surface area contributed by atoms with Gasteiger partial charge in [0, 0.05) is 13.1 Å². The van der Waals surface area contributed by atoms with Crippen molar-refractivity contribution < 1.29 is 9.90 Å². The maximum absolute atomic E-state index is 11.0. The lowest BCUT2D eigenvalue weighted by atomic mass is 9.97. The number of nitrogens with zero attached hydrogens (tertiary/aromatic N) is 5. The van der Waals surface area contributed by atoms with E-state index in [0.717, 1.165) is 11.4 Å². The largest absolute Gasteiger partial charge is 0.481 e. The molecule has 0 aromatic carbocycles. The highest BCUT2D eigenvalue weighted by Crippen LogP contribution is 2.23. The molecule has 1 fully saturated rings. The molecule has 0 spiro atoms. The predicted molar refractivity (Wildman–Crippen MR) is 77.8 cm³/mol. The predicted octanol–water partition coefficient (Wildman–Crippen LogP) is 1.70. The molecule has 0 unspecified atom stereocenters. The maximum atomic E-state index is 11.0. The molecule has 112 valence electrons. The Hall–Kier alpha value is -1.89. The van der Waals surface area contributed by atoms with Crippen LogP contribution in [0.5, 0.6) is 0 Å². The van der Waals surface area contributed by atoms with Gasteiger partial charge < -0.3 is 10.0 Å². The quantitative estimate of drug-likeness (QED) is 0.909. The number of carboxylic acids is 1. The zero-order valence-electron chi connectivity index (χ0n) is 11.9. The summed E-state index contributed by atoms with van der Waals surface area (Å²) in [4.78, 5) is 21.7. The van der Waals surface area contributed by atoms with Crippen LogP contribution in [0.3, 0.4) is 0 Å². The number of carboxylic acid groups (broad SMARTS) is 1. The smallest absolute Gasteiger partial charge is 0.306 e. The van der Waals surface area contributed by atoms with Gasteiger partial charge in [-0.2, -0.15) is 9.50 Å². The minimum absolute atomic E-state index is 0.269. The summed E-state index contributed by atoms with van der Waals surface area (Å²) in [6.07, 6.45) is 1.22. The molecule has 21 heavy (non-hydrogen) atoms. The highest BCUT2D eigenvalue weighted by molar-refractivity contribution is 6.31. The summed E-state index contributed by atoms with van der Waals surface area (Å²) in [5.74, 6) is 0.105. The molecule has 3 rings (SSSR count). The number of rotatable bonds is 2. The van der Waals surface area contributed by atoms with E-state index < -0.39 is 5.97 Å². The van der Waals surface area contributed by atoms with Gasteiger partial charge >= 0.3 is 5.97 Å². The van der Waals surface area contributed by atoms with E-state index in [4.69, 9.17) is 16.7 Å². The Bertz CT molecular complexity index is 706. The maximum Gasteiger partial charge on any atom is 0.306 e. The first kappa shape index (κ1) is 14.1. The van der Waals surface area contributed by atoms with Crippen LogP contribution in [0.1, 0.15) is 24.2 Å². The molecule has 0 atom stereocenters.